The average Bonchev–Trinajstić information content (AvgIpc) is 3.07. The fourth-order valence-electron chi connectivity index (χ4n) is 3.53. The highest BCUT2D eigenvalue weighted by Gasteiger charge is 2.25. The van der Waals surface area contributed by atoms with Gasteiger partial charge in [-0.05, 0) is 56.5 Å². The predicted molar refractivity (Wildman–Crippen MR) is 105 cm³/mol. The number of likely N-dealkylation sites (tertiary alicyclic amines) is 1. The van der Waals surface area contributed by atoms with E-state index in [0.717, 1.165) is 48.5 Å². The van der Waals surface area contributed by atoms with Crippen molar-refractivity contribution in [1.29, 1.82) is 0 Å². The van der Waals surface area contributed by atoms with E-state index in [4.69, 9.17) is 4.98 Å². The third-order valence-corrected chi connectivity index (χ3v) is 5.13. The molecule has 1 aromatic heterocycles. The maximum absolute atomic E-state index is 12.5. The summed E-state index contributed by atoms with van der Waals surface area (Å²) in [6, 6.07) is 14.2. The third-order valence-electron chi connectivity index (χ3n) is 5.13. The molecule has 0 saturated carbocycles. The molecule has 0 radical (unpaired) electrons. The third kappa shape index (κ3) is 3.43. The van der Waals surface area contributed by atoms with Gasteiger partial charge in [-0.2, -0.15) is 0 Å². The number of imidazole rings is 1. The number of aryl methyl sites for hydroxylation is 2. The quantitative estimate of drug-likeness (QED) is 0.711. The lowest BCUT2D eigenvalue weighted by molar-refractivity contribution is 0.193. The lowest BCUT2D eigenvalue weighted by Crippen LogP contribution is -2.40. The van der Waals surface area contributed by atoms with Gasteiger partial charge in [0.15, 0.2) is 0 Å². The first-order valence-corrected chi connectivity index (χ1v) is 9.17. The van der Waals surface area contributed by atoms with Crippen molar-refractivity contribution < 1.29 is 4.79 Å². The van der Waals surface area contributed by atoms with Crippen molar-refractivity contribution in [3.05, 3.63) is 59.4 Å². The molecule has 0 aliphatic carbocycles. The molecule has 1 aliphatic heterocycles. The van der Waals surface area contributed by atoms with Crippen molar-refractivity contribution in [1.82, 2.24) is 14.9 Å². The number of nitrogens with zero attached hydrogens (tertiary/aromatic N) is 2. The van der Waals surface area contributed by atoms with Gasteiger partial charge >= 0.3 is 6.03 Å². The van der Waals surface area contributed by atoms with Gasteiger partial charge in [-0.25, -0.2) is 9.78 Å². The van der Waals surface area contributed by atoms with Crippen LogP contribution in [-0.2, 0) is 0 Å². The van der Waals surface area contributed by atoms with Gasteiger partial charge in [-0.3, -0.25) is 0 Å². The molecule has 2 N–H and O–H groups in total. The molecule has 2 amide bonds. The summed E-state index contributed by atoms with van der Waals surface area (Å²) in [5.41, 5.74) is 5.38. The van der Waals surface area contributed by atoms with Crippen LogP contribution in [0.2, 0.25) is 0 Å². The molecule has 0 bridgehead atoms. The van der Waals surface area contributed by atoms with Crippen LogP contribution < -0.4 is 5.32 Å². The zero-order valence-corrected chi connectivity index (χ0v) is 15.2. The highest BCUT2D eigenvalue weighted by molar-refractivity contribution is 5.89. The molecule has 5 heteroatoms. The van der Waals surface area contributed by atoms with Crippen LogP contribution in [0.1, 0.15) is 35.7 Å². The lowest BCUT2D eigenvalue weighted by Gasteiger charge is -2.31. The van der Waals surface area contributed by atoms with Crippen molar-refractivity contribution in [3.63, 3.8) is 0 Å². The Morgan fingerprint density at radius 3 is 2.50 bits per heavy atom. The van der Waals surface area contributed by atoms with E-state index >= 15 is 0 Å². The number of H-pyrrole nitrogens is 1. The second-order valence-corrected chi connectivity index (χ2v) is 7.20. The number of amides is 2. The molecule has 0 spiro atoms. The molecule has 2 aromatic carbocycles. The van der Waals surface area contributed by atoms with Crippen LogP contribution in [0.4, 0.5) is 10.5 Å². The predicted octanol–water partition coefficient (Wildman–Crippen LogP) is 4.59. The lowest BCUT2D eigenvalue weighted by atomic mass is 9.96. The summed E-state index contributed by atoms with van der Waals surface area (Å²) in [6.45, 7) is 5.62. The van der Waals surface area contributed by atoms with Gasteiger partial charge in [0, 0.05) is 24.7 Å². The van der Waals surface area contributed by atoms with E-state index in [0.29, 0.717) is 5.92 Å². The average molecular weight is 348 g/mol. The minimum atomic E-state index is -0.0208. The van der Waals surface area contributed by atoms with Crippen LogP contribution in [0.15, 0.2) is 42.5 Å². The molecule has 1 fully saturated rings. The van der Waals surface area contributed by atoms with Crippen molar-refractivity contribution in [2.45, 2.75) is 32.6 Å². The Morgan fingerprint density at radius 1 is 1.08 bits per heavy atom. The van der Waals surface area contributed by atoms with Crippen molar-refractivity contribution in [2.75, 3.05) is 18.4 Å². The summed E-state index contributed by atoms with van der Waals surface area (Å²) in [7, 11) is 0. The number of urea groups is 1. The minimum Gasteiger partial charge on any atom is -0.342 e. The highest BCUT2D eigenvalue weighted by Crippen LogP contribution is 2.28. The molecule has 134 valence electrons. The van der Waals surface area contributed by atoms with Gasteiger partial charge in [-0.15, -0.1) is 0 Å². The number of carbonyl (C=O) groups is 1. The zero-order chi connectivity index (χ0) is 18.1. The van der Waals surface area contributed by atoms with E-state index in [-0.39, 0.29) is 6.03 Å². The van der Waals surface area contributed by atoms with E-state index < -0.39 is 0 Å². The summed E-state index contributed by atoms with van der Waals surface area (Å²) in [5, 5.41) is 2.98. The van der Waals surface area contributed by atoms with Crippen LogP contribution >= 0.6 is 0 Å². The number of anilines is 1. The van der Waals surface area contributed by atoms with Crippen molar-refractivity contribution in [2.24, 2.45) is 0 Å². The van der Waals surface area contributed by atoms with E-state index in [9.17, 15) is 4.79 Å². The van der Waals surface area contributed by atoms with Gasteiger partial charge in [0.05, 0.1) is 11.0 Å². The van der Waals surface area contributed by atoms with Crippen LogP contribution in [0.5, 0.6) is 0 Å². The van der Waals surface area contributed by atoms with E-state index in [1.54, 1.807) is 0 Å². The van der Waals surface area contributed by atoms with Gasteiger partial charge in [-0.1, -0.05) is 23.8 Å². The number of aromatic nitrogens is 2. The van der Waals surface area contributed by atoms with Crippen LogP contribution in [0, 0.1) is 13.8 Å². The normalized spacial score (nSPS) is 15.4. The van der Waals surface area contributed by atoms with Gasteiger partial charge in [0.25, 0.3) is 0 Å². The maximum Gasteiger partial charge on any atom is 0.321 e. The number of carbonyl (C=O) groups excluding carboxylic acids is 1. The topological polar surface area (TPSA) is 61.0 Å². The Balaban J connectivity index is 1.38. The Hall–Kier alpha value is -2.82. The van der Waals surface area contributed by atoms with Gasteiger partial charge in [0.2, 0.25) is 0 Å². The molecule has 5 nitrogen and oxygen atoms in total. The summed E-state index contributed by atoms with van der Waals surface area (Å²) in [6.07, 6.45) is 1.86. The van der Waals surface area contributed by atoms with Crippen LogP contribution in [0.3, 0.4) is 0 Å². The molecule has 1 aliphatic rings. The molecule has 4 rings (SSSR count). The van der Waals surface area contributed by atoms with Crippen molar-refractivity contribution in [3.8, 4) is 0 Å². The number of aromatic amines is 1. The fraction of sp³-hybridized carbons (Fsp3) is 0.333. The van der Waals surface area contributed by atoms with E-state index in [2.05, 4.69) is 35.4 Å². The summed E-state index contributed by atoms with van der Waals surface area (Å²) >= 11 is 0. The number of piperidine rings is 1. The summed E-state index contributed by atoms with van der Waals surface area (Å²) < 4.78 is 0. The number of hydrogen-bond donors (Lipinski definition) is 2. The van der Waals surface area contributed by atoms with Gasteiger partial charge < -0.3 is 15.2 Å². The highest BCUT2D eigenvalue weighted by atomic mass is 16.2. The first kappa shape index (κ1) is 16.6. The second-order valence-electron chi connectivity index (χ2n) is 7.20. The number of rotatable bonds is 2. The monoisotopic (exact) mass is 348 g/mol. The van der Waals surface area contributed by atoms with Crippen LogP contribution in [-0.4, -0.2) is 34.0 Å². The number of benzene rings is 2. The molecule has 1 saturated heterocycles. The van der Waals surface area contributed by atoms with E-state index in [1.165, 1.54) is 11.1 Å². The largest absolute Gasteiger partial charge is 0.342 e. The summed E-state index contributed by atoms with van der Waals surface area (Å²) in [4.78, 5) is 22.6. The number of hydrogen-bond acceptors (Lipinski definition) is 2. The van der Waals surface area contributed by atoms with E-state index in [1.807, 2.05) is 36.1 Å². The van der Waals surface area contributed by atoms with Crippen LogP contribution in [0.25, 0.3) is 11.0 Å². The second kappa shape index (κ2) is 6.83. The molecule has 0 unspecified atom stereocenters. The Labute approximate surface area is 153 Å². The minimum absolute atomic E-state index is 0.0208. The SMILES string of the molecule is Cc1ccc(NC(=O)N2CCC(c3nc4ccc(C)cc4[nH]3)CC2)cc1. The molecule has 3 aromatic rings. The molecule has 26 heavy (non-hydrogen) atoms. The van der Waals surface area contributed by atoms with Gasteiger partial charge in [0.1, 0.15) is 5.82 Å². The zero-order valence-electron chi connectivity index (χ0n) is 15.2. The fourth-order valence-corrected chi connectivity index (χ4v) is 3.53. The molecular formula is C21H24N4O. The standard InChI is InChI=1S/C21H24N4O/c1-14-3-6-17(7-4-14)22-21(26)25-11-9-16(10-12-25)20-23-18-8-5-15(2)13-19(18)24-20/h3-8,13,16H,9-12H2,1-2H3,(H,22,26)(H,23,24). The number of fused-ring (bicyclic) bond motifs is 1. The van der Waals surface area contributed by atoms with Crippen molar-refractivity contribution >= 4 is 22.8 Å². The maximum atomic E-state index is 12.5. The first-order valence-electron chi connectivity index (χ1n) is 9.17. The molecular weight excluding hydrogens is 324 g/mol. The Bertz CT molecular complexity index is 921. The molecule has 0 atom stereocenters. The Morgan fingerprint density at radius 2 is 1.77 bits per heavy atom. The summed E-state index contributed by atoms with van der Waals surface area (Å²) in [5.74, 6) is 1.43. The Kier molecular flexibility index (Phi) is 4.37. The number of nitrogens with one attached hydrogen (secondary N) is 2. The smallest absolute Gasteiger partial charge is 0.321 e. The molecule has 2 heterocycles. The first-order chi connectivity index (χ1) is 12.6.